The van der Waals surface area contributed by atoms with Gasteiger partial charge in [-0.15, -0.1) is 0 Å². The van der Waals surface area contributed by atoms with Crippen LogP contribution >= 0.6 is 23.2 Å². The molecule has 132 valence electrons. The maximum atomic E-state index is 11.8. The minimum atomic E-state index is -0.241. The van der Waals surface area contributed by atoms with Gasteiger partial charge in [-0.25, -0.2) is 15.0 Å². The van der Waals surface area contributed by atoms with Crippen LogP contribution in [0.4, 0.5) is 17.3 Å². The summed E-state index contributed by atoms with van der Waals surface area (Å²) in [6.45, 7) is 1.95. The van der Waals surface area contributed by atoms with Crippen LogP contribution in [-0.2, 0) is 4.79 Å². The SMILES string of the molecule is CC/C=C/C(=O)Nc1cc2c(Nc3ccc(Cl)c(Cl)c3)ncnc2cn1. The summed E-state index contributed by atoms with van der Waals surface area (Å²) >= 11 is 12.0. The number of pyridine rings is 1. The van der Waals surface area contributed by atoms with Crippen molar-refractivity contribution in [2.24, 2.45) is 0 Å². The van der Waals surface area contributed by atoms with Crippen LogP contribution in [0.5, 0.6) is 0 Å². The minimum absolute atomic E-state index is 0.241. The normalized spacial score (nSPS) is 11.0. The first-order valence-corrected chi connectivity index (χ1v) is 8.62. The van der Waals surface area contributed by atoms with Gasteiger partial charge in [-0.3, -0.25) is 4.79 Å². The Kier molecular flexibility index (Phi) is 5.65. The summed E-state index contributed by atoms with van der Waals surface area (Å²) in [4.78, 5) is 24.5. The van der Waals surface area contributed by atoms with Crippen LogP contribution in [0.1, 0.15) is 13.3 Å². The maximum absolute atomic E-state index is 11.8. The molecule has 0 saturated heterocycles. The predicted octanol–water partition coefficient (Wildman–Crippen LogP) is 4.98. The fourth-order valence-corrected chi connectivity index (χ4v) is 2.53. The van der Waals surface area contributed by atoms with Gasteiger partial charge in [0.15, 0.2) is 0 Å². The molecular formula is C18H15Cl2N5O. The Labute approximate surface area is 160 Å². The second-order valence-electron chi connectivity index (χ2n) is 5.36. The van der Waals surface area contributed by atoms with Crippen LogP contribution < -0.4 is 10.6 Å². The monoisotopic (exact) mass is 387 g/mol. The Hall–Kier alpha value is -2.70. The molecule has 1 amide bonds. The van der Waals surface area contributed by atoms with E-state index in [0.29, 0.717) is 32.6 Å². The van der Waals surface area contributed by atoms with E-state index in [2.05, 4.69) is 25.6 Å². The van der Waals surface area contributed by atoms with Crippen molar-refractivity contribution in [1.29, 1.82) is 0 Å². The zero-order valence-corrected chi connectivity index (χ0v) is 15.3. The third kappa shape index (κ3) is 4.28. The van der Waals surface area contributed by atoms with E-state index in [0.717, 1.165) is 12.1 Å². The summed E-state index contributed by atoms with van der Waals surface area (Å²) in [6, 6.07) is 6.91. The second-order valence-corrected chi connectivity index (χ2v) is 6.18. The number of amides is 1. The van der Waals surface area contributed by atoms with Crippen LogP contribution in [0.15, 0.2) is 48.9 Å². The maximum Gasteiger partial charge on any atom is 0.249 e. The van der Waals surface area contributed by atoms with E-state index in [1.165, 1.54) is 12.4 Å². The first-order valence-electron chi connectivity index (χ1n) is 7.87. The average molecular weight is 388 g/mol. The molecule has 2 heterocycles. The molecule has 6 nitrogen and oxygen atoms in total. The van der Waals surface area contributed by atoms with E-state index in [9.17, 15) is 4.79 Å². The summed E-state index contributed by atoms with van der Waals surface area (Å²) in [5.74, 6) is 0.736. The Morgan fingerprint density at radius 3 is 2.77 bits per heavy atom. The fourth-order valence-electron chi connectivity index (χ4n) is 2.23. The number of anilines is 3. The number of halogens is 2. The lowest BCUT2D eigenvalue weighted by atomic mass is 10.2. The molecule has 0 aliphatic carbocycles. The van der Waals surface area contributed by atoms with Crippen LogP contribution in [0, 0.1) is 0 Å². The van der Waals surface area contributed by atoms with Gasteiger partial charge in [-0.2, -0.15) is 0 Å². The highest BCUT2D eigenvalue weighted by Gasteiger charge is 2.08. The number of allylic oxidation sites excluding steroid dienone is 1. The molecule has 3 rings (SSSR count). The van der Waals surface area contributed by atoms with E-state index in [4.69, 9.17) is 23.2 Å². The molecule has 0 fully saturated rings. The number of hydrogen-bond acceptors (Lipinski definition) is 5. The molecule has 0 saturated carbocycles. The Morgan fingerprint density at radius 1 is 1.15 bits per heavy atom. The summed E-state index contributed by atoms with van der Waals surface area (Å²) in [7, 11) is 0. The standard InChI is InChI=1S/C18H15Cl2N5O/c1-2-3-4-17(26)25-16-8-12-15(9-21-16)22-10-23-18(12)24-11-5-6-13(19)14(20)7-11/h3-10H,2H2,1H3,(H,21,25,26)(H,22,23,24)/b4-3+. The molecule has 0 aliphatic heterocycles. The van der Waals surface area contributed by atoms with E-state index >= 15 is 0 Å². The lowest BCUT2D eigenvalue weighted by Gasteiger charge is -2.10. The fraction of sp³-hybridized carbons (Fsp3) is 0.111. The highest BCUT2D eigenvalue weighted by Crippen LogP contribution is 2.29. The molecule has 26 heavy (non-hydrogen) atoms. The van der Waals surface area contributed by atoms with E-state index < -0.39 is 0 Å². The number of hydrogen-bond donors (Lipinski definition) is 2. The van der Waals surface area contributed by atoms with Gasteiger partial charge in [0.2, 0.25) is 5.91 Å². The highest BCUT2D eigenvalue weighted by atomic mass is 35.5. The molecule has 0 radical (unpaired) electrons. The van der Waals surface area contributed by atoms with Crippen molar-refractivity contribution in [2.75, 3.05) is 10.6 Å². The van der Waals surface area contributed by atoms with Gasteiger partial charge in [-0.05, 0) is 36.8 Å². The van der Waals surface area contributed by atoms with Crippen molar-refractivity contribution in [3.8, 4) is 0 Å². The van der Waals surface area contributed by atoms with Crippen molar-refractivity contribution in [2.45, 2.75) is 13.3 Å². The van der Waals surface area contributed by atoms with Crippen molar-refractivity contribution in [1.82, 2.24) is 15.0 Å². The van der Waals surface area contributed by atoms with Gasteiger partial charge in [0.1, 0.15) is 18.0 Å². The summed E-state index contributed by atoms with van der Waals surface area (Å²) in [5.41, 5.74) is 1.37. The van der Waals surface area contributed by atoms with Gasteiger partial charge in [-0.1, -0.05) is 36.2 Å². The Morgan fingerprint density at radius 2 is 2.00 bits per heavy atom. The largest absolute Gasteiger partial charge is 0.340 e. The van der Waals surface area contributed by atoms with Crippen LogP contribution in [0.25, 0.3) is 10.9 Å². The second kappa shape index (κ2) is 8.12. The van der Waals surface area contributed by atoms with Gasteiger partial charge in [0.05, 0.1) is 21.8 Å². The van der Waals surface area contributed by atoms with Crippen molar-refractivity contribution < 1.29 is 4.79 Å². The number of rotatable bonds is 5. The van der Waals surface area contributed by atoms with Crippen molar-refractivity contribution in [3.05, 3.63) is 59.0 Å². The lowest BCUT2D eigenvalue weighted by molar-refractivity contribution is -0.111. The molecule has 0 bridgehead atoms. The number of fused-ring (bicyclic) bond motifs is 1. The summed E-state index contributed by atoms with van der Waals surface area (Å²) in [5, 5.41) is 7.52. The highest BCUT2D eigenvalue weighted by molar-refractivity contribution is 6.42. The third-order valence-electron chi connectivity index (χ3n) is 3.46. The Balaban J connectivity index is 1.92. The number of carbonyl (C=O) groups excluding carboxylic acids is 1. The molecule has 3 aromatic rings. The number of nitrogens with one attached hydrogen (secondary N) is 2. The van der Waals surface area contributed by atoms with Gasteiger partial charge in [0, 0.05) is 11.1 Å². The quantitative estimate of drug-likeness (QED) is 0.603. The molecular weight excluding hydrogens is 373 g/mol. The molecule has 1 aromatic carbocycles. The number of carbonyl (C=O) groups is 1. The number of aromatic nitrogens is 3. The smallest absolute Gasteiger partial charge is 0.249 e. The molecule has 0 aliphatic rings. The lowest BCUT2D eigenvalue weighted by Crippen LogP contribution is -2.09. The van der Waals surface area contributed by atoms with Gasteiger partial charge in [0.25, 0.3) is 0 Å². The zero-order valence-electron chi connectivity index (χ0n) is 13.8. The number of benzene rings is 1. The van der Waals surface area contributed by atoms with Crippen LogP contribution in [-0.4, -0.2) is 20.9 Å². The van der Waals surface area contributed by atoms with Crippen molar-refractivity contribution >= 4 is 57.3 Å². The number of nitrogens with zero attached hydrogens (tertiary/aromatic N) is 3. The molecule has 2 aromatic heterocycles. The third-order valence-corrected chi connectivity index (χ3v) is 4.20. The predicted molar refractivity (Wildman–Crippen MR) is 105 cm³/mol. The van der Waals surface area contributed by atoms with Crippen LogP contribution in [0.3, 0.4) is 0 Å². The Bertz CT molecular complexity index is 990. The molecule has 0 unspecified atom stereocenters. The summed E-state index contributed by atoms with van der Waals surface area (Å²) < 4.78 is 0. The molecule has 8 heteroatoms. The minimum Gasteiger partial charge on any atom is -0.340 e. The molecule has 0 atom stereocenters. The topological polar surface area (TPSA) is 79.8 Å². The van der Waals surface area contributed by atoms with Gasteiger partial charge >= 0.3 is 0 Å². The van der Waals surface area contributed by atoms with E-state index in [1.54, 1.807) is 36.5 Å². The van der Waals surface area contributed by atoms with E-state index in [1.807, 2.05) is 6.92 Å². The first kappa shape index (κ1) is 18.1. The van der Waals surface area contributed by atoms with Crippen molar-refractivity contribution in [3.63, 3.8) is 0 Å². The van der Waals surface area contributed by atoms with Gasteiger partial charge < -0.3 is 10.6 Å². The molecule has 2 N–H and O–H groups in total. The van der Waals surface area contributed by atoms with Crippen LogP contribution in [0.2, 0.25) is 10.0 Å². The molecule has 0 spiro atoms. The average Bonchev–Trinajstić information content (AvgIpc) is 2.63. The van der Waals surface area contributed by atoms with E-state index in [-0.39, 0.29) is 5.91 Å². The zero-order chi connectivity index (χ0) is 18.5. The summed E-state index contributed by atoms with van der Waals surface area (Å²) in [6.07, 6.45) is 7.05. The first-order chi connectivity index (χ1) is 12.6.